The van der Waals surface area contributed by atoms with E-state index in [4.69, 9.17) is 0 Å². The normalized spacial score (nSPS) is 27.9. The third-order valence-electron chi connectivity index (χ3n) is 3.81. The lowest BCUT2D eigenvalue weighted by Gasteiger charge is -2.41. The smallest absolute Gasteiger partial charge is 0.00195 e. The van der Waals surface area contributed by atoms with Crippen molar-refractivity contribution in [2.45, 2.75) is 26.7 Å². The van der Waals surface area contributed by atoms with E-state index in [9.17, 15) is 0 Å². The number of nitrogens with zero attached hydrogens (tertiary/aromatic N) is 2. The molecule has 0 atom stereocenters. The summed E-state index contributed by atoms with van der Waals surface area (Å²) >= 11 is 0. The summed E-state index contributed by atoms with van der Waals surface area (Å²) in [5, 5.41) is 0. The number of piperidine rings is 1. The lowest BCUT2D eigenvalue weighted by Crippen LogP contribution is -2.48. The second-order valence-corrected chi connectivity index (χ2v) is 5.20. The quantitative estimate of drug-likeness (QED) is 0.677. The molecular formula is C12H24N2. The molecule has 2 heterocycles. The molecule has 2 rings (SSSR count). The summed E-state index contributed by atoms with van der Waals surface area (Å²) < 4.78 is 0. The molecule has 2 fully saturated rings. The van der Waals surface area contributed by atoms with Crippen LogP contribution in [0, 0.1) is 11.8 Å². The zero-order chi connectivity index (χ0) is 9.97. The maximum atomic E-state index is 2.64. The molecule has 0 aromatic carbocycles. The van der Waals surface area contributed by atoms with Gasteiger partial charge in [0.25, 0.3) is 0 Å². The van der Waals surface area contributed by atoms with Gasteiger partial charge >= 0.3 is 0 Å². The first-order chi connectivity index (χ1) is 6.78. The third kappa shape index (κ3) is 2.48. The summed E-state index contributed by atoms with van der Waals surface area (Å²) in [5.41, 5.74) is 0. The van der Waals surface area contributed by atoms with Gasteiger partial charge in [-0.2, -0.15) is 0 Å². The maximum Gasteiger partial charge on any atom is 0.00195 e. The van der Waals surface area contributed by atoms with Gasteiger partial charge in [0, 0.05) is 19.6 Å². The molecule has 2 aliphatic heterocycles. The second-order valence-electron chi connectivity index (χ2n) is 5.20. The van der Waals surface area contributed by atoms with Crippen LogP contribution in [0.5, 0.6) is 0 Å². The highest BCUT2D eigenvalue weighted by Crippen LogP contribution is 2.22. The van der Waals surface area contributed by atoms with E-state index >= 15 is 0 Å². The van der Waals surface area contributed by atoms with E-state index < -0.39 is 0 Å². The van der Waals surface area contributed by atoms with Crippen molar-refractivity contribution >= 4 is 0 Å². The highest BCUT2D eigenvalue weighted by molar-refractivity contribution is 4.81. The van der Waals surface area contributed by atoms with E-state index in [2.05, 4.69) is 23.6 Å². The van der Waals surface area contributed by atoms with Crippen molar-refractivity contribution < 1.29 is 0 Å². The first kappa shape index (κ1) is 10.4. The highest BCUT2D eigenvalue weighted by atomic mass is 15.2. The first-order valence-corrected chi connectivity index (χ1v) is 6.22. The fraction of sp³-hybridized carbons (Fsp3) is 1.00. The summed E-state index contributed by atoms with van der Waals surface area (Å²) in [6.07, 6.45) is 2.86. The van der Waals surface area contributed by atoms with Gasteiger partial charge in [-0.05, 0) is 44.3 Å². The van der Waals surface area contributed by atoms with Crippen molar-refractivity contribution in [1.29, 1.82) is 0 Å². The number of rotatable bonds is 3. The molecule has 0 aliphatic carbocycles. The minimum atomic E-state index is 0.964. The summed E-state index contributed by atoms with van der Waals surface area (Å²) in [5.74, 6) is 1.95. The summed E-state index contributed by atoms with van der Waals surface area (Å²) in [7, 11) is 0. The van der Waals surface area contributed by atoms with Gasteiger partial charge in [0.1, 0.15) is 0 Å². The summed E-state index contributed by atoms with van der Waals surface area (Å²) in [6.45, 7) is 12.6. The maximum absolute atomic E-state index is 2.64. The van der Waals surface area contributed by atoms with Crippen molar-refractivity contribution in [2.24, 2.45) is 11.8 Å². The monoisotopic (exact) mass is 196 g/mol. The van der Waals surface area contributed by atoms with Gasteiger partial charge in [0.05, 0.1) is 0 Å². The topological polar surface area (TPSA) is 6.48 Å². The van der Waals surface area contributed by atoms with Crippen LogP contribution in [-0.2, 0) is 0 Å². The van der Waals surface area contributed by atoms with Gasteiger partial charge < -0.3 is 9.80 Å². The number of likely N-dealkylation sites (tertiary alicyclic amines) is 2. The van der Waals surface area contributed by atoms with E-state index in [1.807, 2.05) is 0 Å². The van der Waals surface area contributed by atoms with Crippen LogP contribution in [0.4, 0.5) is 0 Å². The molecule has 0 aromatic rings. The summed E-state index contributed by atoms with van der Waals surface area (Å²) in [4.78, 5) is 5.21. The van der Waals surface area contributed by atoms with Crippen LogP contribution in [0.1, 0.15) is 26.7 Å². The van der Waals surface area contributed by atoms with Gasteiger partial charge in [-0.1, -0.05) is 13.8 Å². The van der Waals surface area contributed by atoms with Crippen LogP contribution in [0.2, 0.25) is 0 Å². The van der Waals surface area contributed by atoms with Crippen molar-refractivity contribution in [3.8, 4) is 0 Å². The van der Waals surface area contributed by atoms with E-state index in [1.165, 1.54) is 52.1 Å². The van der Waals surface area contributed by atoms with Gasteiger partial charge in [0.15, 0.2) is 0 Å². The highest BCUT2D eigenvalue weighted by Gasteiger charge is 2.26. The standard InChI is InChI=1S/C12H24N2/c1-3-13-6-4-12(5-7-13)10-14-8-11(2)9-14/h11-12H,3-10H2,1-2H3. The lowest BCUT2D eigenvalue weighted by molar-refractivity contribution is 0.0711. The molecule has 0 spiro atoms. The molecule has 2 nitrogen and oxygen atoms in total. The van der Waals surface area contributed by atoms with Gasteiger partial charge in [0.2, 0.25) is 0 Å². The van der Waals surface area contributed by atoms with E-state index in [0.29, 0.717) is 0 Å². The van der Waals surface area contributed by atoms with Gasteiger partial charge in [-0.3, -0.25) is 0 Å². The molecule has 2 saturated heterocycles. The molecule has 2 aliphatic rings. The summed E-state index contributed by atoms with van der Waals surface area (Å²) in [6, 6.07) is 0. The Morgan fingerprint density at radius 3 is 2.21 bits per heavy atom. The van der Waals surface area contributed by atoms with Crippen LogP contribution in [0.25, 0.3) is 0 Å². The molecule has 0 aromatic heterocycles. The van der Waals surface area contributed by atoms with Crippen LogP contribution in [0.15, 0.2) is 0 Å². The predicted molar refractivity (Wildman–Crippen MR) is 60.4 cm³/mol. The largest absolute Gasteiger partial charge is 0.304 e. The fourth-order valence-corrected chi connectivity index (χ4v) is 2.83. The molecule has 0 amide bonds. The molecule has 0 N–H and O–H groups in total. The molecule has 0 bridgehead atoms. The van der Waals surface area contributed by atoms with Gasteiger partial charge in [-0.25, -0.2) is 0 Å². The third-order valence-corrected chi connectivity index (χ3v) is 3.81. The van der Waals surface area contributed by atoms with Crippen molar-refractivity contribution in [1.82, 2.24) is 9.80 Å². The zero-order valence-electron chi connectivity index (χ0n) is 9.71. The average Bonchev–Trinajstić information content (AvgIpc) is 2.17. The zero-order valence-corrected chi connectivity index (χ0v) is 9.71. The molecule has 0 radical (unpaired) electrons. The van der Waals surface area contributed by atoms with Crippen LogP contribution >= 0.6 is 0 Å². The first-order valence-electron chi connectivity index (χ1n) is 6.22. The Morgan fingerprint density at radius 2 is 1.71 bits per heavy atom. The molecule has 14 heavy (non-hydrogen) atoms. The van der Waals surface area contributed by atoms with Crippen LogP contribution in [0.3, 0.4) is 0 Å². The Balaban J connectivity index is 1.64. The van der Waals surface area contributed by atoms with E-state index in [-0.39, 0.29) is 0 Å². The minimum Gasteiger partial charge on any atom is -0.304 e. The van der Waals surface area contributed by atoms with Crippen molar-refractivity contribution in [2.75, 3.05) is 39.3 Å². The average molecular weight is 196 g/mol. The number of hydrogen-bond acceptors (Lipinski definition) is 2. The SMILES string of the molecule is CCN1CCC(CN2CC(C)C2)CC1. The number of hydrogen-bond donors (Lipinski definition) is 0. The van der Waals surface area contributed by atoms with Gasteiger partial charge in [-0.15, -0.1) is 0 Å². The second kappa shape index (κ2) is 4.63. The van der Waals surface area contributed by atoms with E-state index in [0.717, 1.165) is 11.8 Å². The molecule has 0 saturated carbocycles. The fourth-order valence-electron chi connectivity index (χ4n) is 2.83. The Bertz CT molecular complexity index is 167. The van der Waals surface area contributed by atoms with E-state index in [1.54, 1.807) is 0 Å². The molecule has 82 valence electrons. The van der Waals surface area contributed by atoms with Crippen molar-refractivity contribution in [3.63, 3.8) is 0 Å². The Labute approximate surface area is 88.3 Å². The van der Waals surface area contributed by atoms with Crippen LogP contribution in [-0.4, -0.2) is 49.1 Å². The molecular weight excluding hydrogens is 172 g/mol. The molecule has 0 unspecified atom stereocenters. The Morgan fingerprint density at radius 1 is 1.07 bits per heavy atom. The van der Waals surface area contributed by atoms with Crippen molar-refractivity contribution in [3.05, 3.63) is 0 Å². The minimum absolute atomic E-state index is 0.964. The van der Waals surface area contributed by atoms with Crippen LogP contribution < -0.4 is 0 Å². The molecule has 2 heteroatoms. The Kier molecular flexibility index (Phi) is 3.45. The Hall–Kier alpha value is -0.0800. The predicted octanol–water partition coefficient (Wildman–Crippen LogP) is 1.67. The lowest BCUT2D eigenvalue weighted by atomic mass is 9.93.